The second-order valence-electron chi connectivity index (χ2n) is 21.6. The van der Waals surface area contributed by atoms with Gasteiger partial charge < -0.3 is 20.1 Å². The van der Waals surface area contributed by atoms with Crippen LogP contribution in [0.5, 0.6) is 0 Å². The second kappa shape index (κ2) is 72.9. The first-order chi connectivity index (χ1) is 44.8. The lowest BCUT2D eigenvalue weighted by Crippen LogP contribution is -2.29. The van der Waals surface area contributed by atoms with E-state index in [0.29, 0.717) is 12.8 Å². The predicted molar refractivity (Wildman–Crippen MR) is 394 cm³/mol. The molecule has 91 heavy (non-hydrogen) atoms. The van der Waals surface area contributed by atoms with Crippen LogP contribution < -0.4 is 5.73 Å². The highest BCUT2D eigenvalue weighted by molar-refractivity contribution is 7.47. The molecule has 0 aromatic carbocycles. The summed E-state index contributed by atoms with van der Waals surface area (Å²) >= 11 is 0. The molecular formula is C81H122NO8P. The highest BCUT2D eigenvalue weighted by Crippen LogP contribution is 2.43. The van der Waals surface area contributed by atoms with Crippen molar-refractivity contribution < 1.29 is 37.6 Å². The highest BCUT2D eigenvalue weighted by Gasteiger charge is 2.26. The van der Waals surface area contributed by atoms with Gasteiger partial charge in [-0.2, -0.15) is 0 Å². The topological polar surface area (TPSA) is 134 Å². The Morgan fingerprint density at radius 1 is 0.330 bits per heavy atom. The molecule has 0 heterocycles. The van der Waals surface area contributed by atoms with Crippen molar-refractivity contribution in [1.29, 1.82) is 0 Å². The van der Waals surface area contributed by atoms with Gasteiger partial charge in [0.05, 0.1) is 13.2 Å². The van der Waals surface area contributed by atoms with Crippen LogP contribution in [-0.2, 0) is 32.7 Å². The van der Waals surface area contributed by atoms with Crippen molar-refractivity contribution in [2.45, 2.75) is 225 Å². The van der Waals surface area contributed by atoms with Crippen molar-refractivity contribution in [2.24, 2.45) is 5.73 Å². The molecule has 0 aliphatic carbocycles. The summed E-state index contributed by atoms with van der Waals surface area (Å²) in [5.41, 5.74) is 5.39. The molecule has 0 saturated heterocycles. The van der Waals surface area contributed by atoms with Crippen LogP contribution in [0, 0.1) is 0 Å². The van der Waals surface area contributed by atoms with Gasteiger partial charge >= 0.3 is 19.8 Å². The molecule has 0 bridgehead atoms. The number of phosphoric acid groups is 1. The molecule has 504 valence electrons. The Morgan fingerprint density at radius 3 is 0.835 bits per heavy atom. The maximum Gasteiger partial charge on any atom is 0.472 e. The molecule has 0 radical (unpaired) electrons. The van der Waals surface area contributed by atoms with E-state index in [2.05, 4.69) is 257 Å². The maximum atomic E-state index is 12.8. The number of phosphoric ester groups is 1. The van der Waals surface area contributed by atoms with E-state index >= 15 is 0 Å². The number of carbonyl (C=O) groups excluding carboxylic acids is 2. The van der Waals surface area contributed by atoms with E-state index in [0.717, 1.165) is 180 Å². The zero-order valence-corrected chi connectivity index (χ0v) is 57.4. The third-order valence-electron chi connectivity index (χ3n) is 13.2. The summed E-state index contributed by atoms with van der Waals surface area (Å²) in [6.45, 7) is 3.41. The van der Waals surface area contributed by atoms with E-state index in [1.165, 1.54) is 0 Å². The van der Waals surface area contributed by atoms with Gasteiger partial charge in [0.25, 0.3) is 0 Å². The molecule has 0 aliphatic rings. The van der Waals surface area contributed by atoms with Crippen LogP contribution in [0.4, 0.5) is 0 Å². The summed E-state index contributed by atoms with van der Waals surface area (Å²) in [5.74, 6) is -0.909. The minimum absolute atomic E-state index is 0.0309. The SMILES string of the molecule is CC/C=C\C/C=C\C/C=C\C/C=C\C/C=C\C/C=C\C/C=C\C/C=C\C/C=C\C/C=C\C/C=C\C/C=C\CCCCCCC(=O)OC(COC(=O)CCCCCC/C=C\C/C=C\C/C=C\C/C=C\C/C=C\C/C=C\C/C=C\C/C=C\CC)COP(=O)(O)OCCN. The number of esters is 2. The number of carbonyl (C=O) groups is 2. The Hall–Kier alpha value is -6.19. The molecule has 0 amide bonds. The molecule has 3 N–H and O–H groups in total. The minimum atomic E-state index is -4.43. The van der Waals surface area contributed by atoms with Crippen LogP contribution in [0.2, 0.25) is 0 Å². The van der Waals surface area contributed by atoms with Gasteiger partial charge in [-0.1, -0.05) is 283 Å². The summed E-state index contributed by atoms with van der Waals surface area (Å²) in [6, 6.07) is 0. The van der Waals surface area contributed by atoms with Gasteiger partial charge in [-0.25, -0.2) is 4.57 Å². The van der Waals surface area contributed by atoms with Crippen LogP contribution in [0.25, 0.3) is 0 Å². The maximum absolute atomic E-state index is 12.8. The van der Waals surface area contributed by atoms with Crippen LogP contribution in [0.15, 0.2) is 243 Å². The summed E-state index contributed by atoms with van der Waals surface area (Å²) in [4.78, 5) is 35.3. The number of hydrogen-bond acceptors (Lipinski definition) is 8. The molecule has 0 saturated carbocycles. The van der Waals surface area contributed by atoms with Gasteiger partial charge in [0.1, 0.15) is 6.61 Å². The van der Waals surface area contributed by atoms with Crippen molar-refractivity contribution in [3.05, 3.63) is 243 Å². The average Bonchev–Trinajstić information content (AvgIpc) is 3.74. The average molecular weight is 1270 g/mol. The van der Waals surface area contributed by atoms with Crippen molar-refractivity contribution in [2.75, 3.05) is 26.4 Å². The summed E-state index contributed by atoms with van der Waals surface area (Å²) in [6.07, 6.45) is 117. The van der Waals surface area contributed by atoms with Crippen molar-refractivity contribution in [3.63, 3.8) is 0 Å². The first-order valence-corrected chi connectivity index (χ1v) is 36.0. The normalized spacial score (nSPS) is 14.5. The molecule has 0 aromatic rings. The lowest BCUT2D eigenvalue weighted by molar-refractivity contribution is -0.161. The molecule has 0 rings (SSSR count). The molecular weight excluding hydrogens is 1150 g/mol. The number of rotatable bonds is 61. The monoisotopic (exact) mass is 1270 g/mol. The quantitative estimate of drug-likeness (QED) is 0.0264. The number of ether oxygens (including phenoxy) is 2. The van der Waals surface area contributed by atoms with Crippen molar-refractivity contribution in [3.8, 4) is 0 Å². The lowest BCUT2D eigenvalue weighted by atomic mass is 10.1. The fourth-order valence-corrected chi connectivity index (χ4v) is 8.98. The zero-order valence-electron chi connectivity index (χ0n) is 56.5. The third-order valence-corrected chi connectivity index (χ3v) is 14.2. The predicted octanol–water partition coefficient (Wildman–Crippen LogP) is 23.2. The zero-order chi connectivity index (χ0) is 65.8. The van der Waals surface area contributed by atoms with Gasteiger partial charge in [-0.3, -0.25) is 18.6 Å². The summed E-state index contributed by atoms with van der Waals surface area (Å²) < 4.78 is 33.1. The minimum Gasteiger partial charge on any atom is -0.462 e. The van der Waals surface area contributed by atoms with Gasteiger partial charge in [-0.15, -0.1) is 0 Å². The molecule has 2 unspecified atom stereocenters. The van der Waals surface area contributed by atoms with Crippen LogP contribution >= 0.6 is 7.82 Å². The molecule has 0 aromatic heterocycles. The molecule has 9 nitrogen and oxygen atoms in total. The molecule has 2 atom stereocenters. The van der Waals surface area contributed by atoms with E-state index in [1.54, 1.807) is 0 Å². The number of nitrogens with two attached hydrogens (primary N) is 1. The van der Waals surface area contributed by atoms with Gasteiger partial charge in [0.15, 0.2) is 6.10 Å². The Labute approximate surface area is 555 Å². The Kier molecular flexibility index (Phi) is 67.9. The van der Waals surface area contributed by atoms with Crippen LogP contribution in [-0.4, -0.2) is 49.3 Å². The summed E-state index contributed by atoms with van der Waals surface area (Å²) in [7, 11) is -4.43. The molecule has 0 spiro atoms. The van der Waals surface area contributed by atoms with Gasteiger partial charge in [0.2, 0.25) is 0 Å². The first kappa shape index (κ1) is 84.8. The van der Waals surface area contributed by atoms with Crippen LogP contribution in [0.3, 0.4) is 0 Å². The Balaban J connectivity index is 4.12. The molecule has 0 fully saturated rings. The van der Waals surface area contributed by atoms with E-state index in [1.807, 2.05) is 0 Å². The highest BCUT2D eigenvalue weighted by atomic mass is 31.2. The smallest absolute Gasteiger partial charge is 0.462 e. The second-order valence-corrected chi connectivity index (χ2v) is 23.0. The fourth-order valence-electron chi connectivity index (χ4n) is 8.22. The molecule has 0 aliphatic heterocycles. The van der Waals surface area contributed by atoms with E-state index in [-0.39, 0.29) is 32.6 Å². The van der Waals surface area contributed by atoms with Gasteiger partial charge in [-0.05, 0) is 167 Å². The van der Waals surface area contributed by atoms with E-state index in [9.17, 15) is 19.0 Å². The summed E-state index contributed by atoms with van der Waals surface area (Å²) in [5, 5.41) is 0. The number of unbranched alkanes of at least 4 members (excludes halogenated alkanes) is 8. The first-order valence-electron chi connectivity index (χ1n) is 34.5. The third kappa shape index (κ3) is 72.7. The van der Waals surface area contributed by atoms with E-state index < -0.39 is 32.5 Å². The lowest BCUT2D eigenvalue weighted by Gasteiger charge is -2.19. The van der Waals surface area contributed by atoms with Gasteiger partial charge in [0, 0.05) is 19.4 Å². The number of allylic oxidation sites excluding steroid dienone is 40. The Morgan fingerprint density at radius 2 is 0.571 bits per heavy atom. The van der Waals surface area contributed by atoms with E-state index in [4.69, 9.17) is 24.3 Å². The van der Waals surface area contributed by atoms with Crippen molar-refractivity contribution in [1.82, 2.24) is 0 Å². The standard InChI is InChI=1S/C81H122NO8P/c1-3-5-7-9-11-13-15-17-19-21-23-25-27-29-31-33-34-35-36-37-38-39-40-41-42-43-44-46-48-50-52-54-56-58-60-62-64-66-68-70-72-74-81(84)90-79(78-89-91(85,86)88-76-75-82)77-87-80(83)73-71-69-67-65-63-61-59-57-55-53-51-49-47-45-32-30-28-26-24-22-20-18-16-14-12-10-8-6-4-2/h5-8,11-14,17-20,23-26,29-32,34-35,37-38,40-41,43-44,47-50,53-56,59-62,79H,3-4,9-10,15-16,21-22,27-28,33,36,39,42,45-46,51-52,57-58,63-78,82H2,1-2H3,(H,85,86)/b7-5-,8-6-,13-11-,14-12-,19-17-,20-18-,25-23-,26-24-,31-29-,32-30-,35-34-,38-37-,41-40-,44-43-,49-47-,50-48-,55-53-,56-54-,61-59-,62-60-. The molecule has 10 heteroatoms. The number of hydrogen-bond donors (Lipinski definition) is 2. The Bertz CT molecular complexity index is 2390. The van der Waals surface area contributed by atoms with Crippen molar-refractivity contribution >= 4 is 19.8 Å². The largest absolute Gasteiger partial charge is 0.472 e. The van der Waals surface area contributed by atoms with Crippen LogP contribution in [0.1, 0.15) is 219 Å². The fraction of sp³-hybridized carbons (Fsp3) is 0.481.